The lowest BCUT2D eigenvalue weighted by Gasteiger charge is -2.34. The molecule has 0 radical (unpaired) electrons. The van der Waals surface area contributed by atoms with Gasteiger partial charge in [-0.2, -0.15) is 14.6 Å². The van der Waals surface area contributed by atoms with Crippen LogP contribution in [0.2, 0.25) is 0 Å². The third kappa shape index (κ3) is 3.36. The van der Waals surface area contributed by atoms with Gasteiger partial charge in [-0.25, -0.2) is 4.98 Å². The summed E-state index contributed by atoms with van der Waals surface area (Å²) in [7, 11) is 0. The molecule has 3 aromatic rings. The van der Waals surface area contributed by atoms with E-state index in [-0.39, 0.29) is 11.8 Å². The van der Waals surface area contributed by atoms with Crippen molar-refractivity contribution in [1.82, 2.24) is 29.8 Å². The maximum atomic E-state index is 12.8. The molecule has 0 spiro atoms. The number of aromatic nitrogens is 6. The summed E-state index contributed by atoms with van der Waals surface area (Å²) in [6.45, 7) is 7.54. The highest BCUT2D eigenvalue weighted by molar-refractivity contribution is 7.15. The smallest absolute Gasteiger partial charge is 0.254 e. The fourth-order valence-electron chi connectivity index (χ4n) is 3.42. The summed E-state index contributed by atoms with van der Waals surface area (Å²) in [4.78, 5) is 23.7. The van der Waals surface area contributed by atoms with Gasteiger partial charge in [-0.05, 0) is 33.1 Å². The monoisotopic (exact) mass is 386 g/mol. The lowest BCUT2D eigenvalue weighted by atomic mass is 9.97. The molecule has 27 heavy (non-hydrogen) atoms. The Morgan fingerprint density at radius 3 is 3.00 bits per heavy atom. The van der Waals surface area contributed by atoms with Gasteiger partial charge in [0, 0.05) is 24.3 Å². The van der Waals surface area contributed by atoms with Gasteiger partial charge in [0.05, 0.1) is 5.92 Å². The first-order chi connectivity index (χ1) is 13.1. The van der Waals surface area contributed by atoms with Crippen LogP contribution < -0.4 is 10.2 Å². The summed E-state index contributed by atoms with van der Waals surface area (Å²) >= 11 is 1.43. The quantitative estimate of drug-likeness (QED) is 0.732. The van der Waals surface area contributed by atoms with Crippen molar-refractivity contribution in [3.05, 3.63) is 22.6 Å². The number of amides is 1. The van der Waals surface area contributed by atoms with Crippen LogP contribution in [-0.4, -0.2) is 48.8 Å². The summed E-state index contributed by atoms with van der Waals surface area (Å²) in [5.41, 5.74) is 1.99. The number of piperidine rings is 1. The van der Waals surface area contributed by atoms with Gasteiger partial charge >= 0.3 is 0 Å². The van der Waals surface area contributed by atoms with Crippen LogP contribution in [0.5, 0.6) is 0 Å². The predicted molar refractivity (Wildman–Crippen MR) is 103 cm³/mol. The van der Waals surface area contributed by atoms with Gasteiger partial charge in [-0.3, -0.25) is 4.79 Å². The standard InChI is InChI=1S/C17H22N8OS/c1-4-13-22-23-17(27-13)21-14(26)12-6-5-7-24(8-12)15-10(2)11(3)20-16-18-9-19-25(15)16/h9,12H,4-8H2,1-3H3,(H,21,23,26). The number of hydrogen-bond acceptors (Lipinski definition) is 8. The van der Waals surface area contributed by atoms with Gasteiger partial charge in [-0.1, -0.05) is 18.3 Å². The molecule has 0 aliphatic carbocycles. The van der Waals surface area contributed by atoms with Gasteiger partial charge in [0.2, 0.25) is 11.0 Å². The fourth-order valence-corrected chi connectivity index (χ4v) is 4.11. The Morgan fingerprint density at radius 2 is 2.22 bits per heavy atom. The normalized spacial score (nSPS) is 17.4. The van der Waals surface area contributed by atoms with Crippen molar-refractivity contribution < 1.29 is 4.79 Å². The van der Waals surface area contributed by atoms with E-state index in [1.807, 2.05) is 20.8 Å². The minimum atomic E-state index is -0.112. The Morgan fingerprint density at radius 1 is 1.37 bits per heavy atom. The van der Waals surface area contributed by atoms with E-state index in [4.69, 9.17) is 0 Å². The maximum Gasteiger partial charge on any atom is 0.254 e. The lowest BCUT2D eigenvalue weighted by molar-refractivity contribution is -0.120. The van der Waals surface area contributed by atoms with E-state index >= 15 is 0 Å². The Hall–Kier alpha value is -2.62. The minimum absolute atomic E-state index is 0.00299. The van der Waals surface area contributed by atoms with Crippen LogP contribution in [0.3, 0.4) is 0 Å². The van der Waals surface area contributed by atoms with Crippen molar-refractivity contribution in [2.45, 2.75) is 40.0 Å². The average molecular weight is 386 g/mol. The van der Waals surface area contributed by atoms with Crippen molar-refractivity contribution in [3.8, 4) is 0 Å². The highest BCUT2D eigenvalue weighted by Gasteiger charge is 2.29. The summed E-state index contributed by atoms with van der Waals surface area (Å²) in [6, 6.07) is 0. The Kier molecular flexibility index (Phi) is 4.73. The molecule has 1 N–H and O–H groups in total. The second-order valence-electron chi connectivity index (χ2n) is 6.75. The molecule has 142 valence electrons. The molecule has 4 rings (SSSR count). The number of carbonyl (C=O) groups excluding carboxylic acids is 1. The third-order valence-electron chi connectivity index (χ3n) is 4.97. The Labute approximate surface area is 160 Å². The van der Waals surface area contributed by atoms with E-state index < -0.39 is 0 Å². The fraction of sp³-hybridized carbons (Fsp3) is 0.529. The second-order valence-corrected chi connectivity index (χ2v) is 7.81. The molecule has 1 amide bonds. The SMILES string of the molecule is CCc1nnc(NC(=O)C2CCCN(c3c(C)c(C)nc4ncnn34)C2)s1. The van der Waals surface area contributed by atoms with Crippen molar-refractivity contribution >= 4 is 34.0 Å². The summed E-state index contributed by atoms with van der Waals surface area (Å²) in [5.74, 6) is 1.44. The van der Waals surface area contributed by atoms with Gasteiger partial charge in [0.1, 0.15) is 17.2 Å². The summed E-state index contributed by atoms with van der Waals surface area (Å²) in [6.07, 6.45) is 4.12. The van der Waals surface area contributed by atoms with Crippen LogP contribution in [0.4, 0.5) is 10.9 Å². The first-order valence-corrected chi connectivity index (χ1v) is 9.93. The van der Waals surface area contributed by atoms with Crippen LogP contribution in [0, 0.1) is 19.8 Å². The Balaban J connectivity index is 1.55. The lowest BCUT2D eigenvalue weighted by Crippen LogP contribution is -2.42. The number of carbonyl (C=O) groups is 1. The van der Waals surface area contributed by atoms with E-state index in [1.165, 1.54) is 17.7 Å². The van der Waals surface area contributed by atoms with Gasteiger partial charge in [0.25, 0.3) is 5.78 Å². The van der Waals surface area contributed by atoms with Crippen molar-refractivity contribution in [2.75, 3.05) is 23.3 Å². The number of nitrogens with one attached hydrogen (secondary N) is 1. The molecule has 1 atom stereocenters. The molecule has 1 aliphatic heterocycles. The maximum absolute atomic E-state index is 12.8. The molecule has 3 aromatic heterocycles. The van der Waals surface area contributed by atoms with E-state index in [0.29, 0.717) is 17.5 Å². The highest BCUT2D eigenvalue weighted by Crippen LogP contribution is 2.28. The summed E-state index contributed by atoms with van der Waals surface area (Å²) < 4.78 is 1.76. The van der Waals surface area contributed by atoms with Gasteiger partial charge in [0.15, 0.2) is 0 Å². The minimum Gasteiger partial charge on any atom is -0.355 e. The molecular formula is C17H22N8OS. The number of rotatable bonds is 4. The molecule has 0 aromatic carbocycles. The zero-order valence-corrected chi connectivity index (χ0v) is 16.5. The zero-order valence-electron chi connectivity index (χ0n) is 15.6. The second kappa shape index (κ2) is 7.18. The number of nitrogens with zero attached hydrogens (tertiary/aromatic N) is 7. The largest absolute Gasteiger partial charge is 0.355 e. The zero-order chi connectivity index (χ0) is 19.0. The number of hydrogen-bond donors (Lipinski definition) is 1. The van der Waals surface area contributed by atoms with Crippen molar-refractivity contribution in [1.29, 1.82) is 0 Å². The molecule has 0 bridgehead atoms. The number of anilines is 2. The molecule has 1 saturated heterocycles. The Bertz CT molecular complexity index is 981. The topological polar surface area (TPSA) is 101 Å². The molecule has 0 saturated carbocycles. The van der Waals surface area contributed by atoms with E-state index in [0.717, 1.165) is 47.9 Å². The van der Waals surface area contributed by atoms with Crippen LogP contribution >= 0.6 is 11.3 Å². The van der Waals surface area contributed by atoms with Crippen LogP contribution in [-0.2, 0) is 11.2 Å². The van der Waals surface area contributed by atoms with E-state index in [1.54, 1.807) is 4.52 Å². The molecular weight excluding hydrogens is 364 g/mol. The molecule has 9 nitrogen and oxygen atoms in total. The first-order valence-electron chi connectivity index (χ1n) is 9.12. The first kappa shape index (κ1) is 17.8. The molecule has 4 heterocycles. The summed E-state index contributed by atoms with van der Waals surface area (Å²) in [5, 5.41) is 16.9. The van der Waals surface area contributed by atoms with Crippen LogP contribution in [0.25, 0.3) is 5.78 Å². The molecule has 1 aliphatic rings. The van der Waals surface area contributed by atoms with Crippen LogP contribution in [0.15, 0.2) is 6.33 Å². The third-order valence-corrected chi connectivity index (χ3v) is 5.95. The number of fused-ring (bicyclic) bond motifs is 1. The van der Waals surface area contributed by atoms with Crippen LogP contribution in [0.1, 0.15) is 36.0 Å². The van der Waals surface area contributed by atoms with Crippen molar-refractivity contribution in [3.63, 3.8) is 0 Å². The molecule has 10 heteroatoms. The van der Waals surface area contributed by atoms with E-state index in [2.05, 4.69) is 35.5 Å². The van der Waals surface area contributed by atoms with Gasteiger partial charge in [-0.15, -0.1) is 10.2 Å². The molecule has 1 unspecified atom stereocenters. The highest BCUT2D eigenvalue weighted by atomic mass is 32.1. The van der Waals surface area contributed by atoms with Crippen molar-refractivity contribution in [2.24, 2.45) is 5.92 Å². The molecule has 1 fully saturated rings. The van der Waals surface area contributed by atoms with Gasteiger partial charge < -0.3 is 10.2 Å². The number of aryl methyl sites for hydroxylation is 2. The average Bonchev–Trinajstić information content (AvgIpc) is 3.31. The van der Waals surface area contributed by atoms with E-state index in [9.17, 15) is 4.79 Å². The predicted octanol–water partition coefficient (Wildman–Crippen LogP) is 2.01.